The molecular weight excluding hydrogens is 260 g/mol. The average Bonchev–Trinajstić information content (AvgIpc) is 2.84. The highest BCUT2D eigenvalue weighted by Crippen LogP contribution is 2.60. The predicted molar refractivity (Wildman–Crippen MR) is 73.2 cm³/mol. The van der Waals surface area contributed by atoms with Crippen LogP contribution in [-0.4, -0.2) is 16.1 Å². The Morgan fingerprint density at radius 1 is 1.05 bits per heavy atom. The maximum atomic E-state index is 5.99. The smallest absolute Gasteiger partial charge is 0.222 e. The van der Waals surface area contributed by atoms with Gasteiger partial charge in [0.25, 0.3) is 0 Å². The third-order valence-corrected chi connectivity index (χ3v) is 5.75. The predicted octanol–water partition coefficient (Wildman–Crippen LogP) is 3.71. The number of rotatable bonds is 4. The van der Waals surface area contributed by atoms with Crippen LogP contribution in [0.1, 0.15) is 56.7 Å². The van der Waals surface area contributed by atoms with Crippen molar-refractivity contribution >= 4 is 11.6 Å². The summed E-state index contributed by atoms with van der Waals surface area (Å²) in [4.78, 5) is 0. The molecule has 4 saturated carbocycles. The molecule has 19 heavy (non-hydrogen) atoms. The summed E-state index contributed by atoms with van der Waals surface area (Å²) in [5.41, 5.74) is 0.237. The van der Waals surface area contributed by atoms with Gasteiger partial charge in [-0.3, -0.25) is 0 Å². The molecular formula is C15H21ClN2O. The summed E-state index contributed by atoms with van der Waals surface area (Å²) in [5.74, 6) is 5.15. The third-order valence-electron chi connectivity index (χ3n) is 5.48. The van der Waals surface area contributed by atoms with Crippen molar-refractivity contribution in [3.63, 3.8) is 0 Å². The number of alkyl halides is 1. The molecule has 0 unspecified atom stereocenters. The van der Waals surface area contributed by atoms with E-state index in [2.05, 4.69) is 10.2 Å². The van der Waals surface area contributed by atoms with E-state index < -0.39 is 0 Å². The molecule has 3 nitrogen and oxygen atoms in total. The summed E-state index contributed by atoms with van der Waals surface area (Å²) >= 11 is 5.72. The van der Waals surface area contributed by atoms with Gasteiger partial charge < -0.3 is 4.42 Å². The van der Waals surface area contributed by atoms with Crippen molar-refractivity contribution in [3.05, 3.63) is 11.8 Å². The molecule has 0 saturated heterocycles. The second-order valence-electron chi connectivity index (χ2n) is 6.99. The first-order valence-corrected chi connectivity index (χ1v) is 8.20. The third kappa shape index (κ3) is 2.01. The number of hydrogen-bond donors (Lipinski definition) is 0. The van der Waals surface area contributed by atoms with E-state index in [1.807, 2.05) is 0 Å². The molecule has 1 aromatic rings. The van der Waals surface area contributed by atoms with Crippen LogP contribution < -0.4 is 0 Å². The van der Waals surface area contributed by atoms with Crippen molar-refractivity contribution < 1.29 is 4.42 Å². The lowest BCUT2D eigenvalue weighted by Gasteiger charge is -2.55. The van der Waals surface area contributed by atoms with Crippen LogP contribution in [0.25, 0.3) is 0 Å². The zero-order valence-corrected chi connectivity index (χ0v) is 12.0. The second kappa shape index (κ2) is 4.47. The van der Waals surface area contributed by atoms with Crippen LogP contribution >= 0.6 is 11.6 Å². The van der Waals surface area contributed by atoms with E-state index in [9.17, 15) is 0 Å². The topological polar surface area (TPSA) is 38.9 Å². The molecule has 4 bridgehead atoms. The Labute approximate surface area is 119 Å². The fourth-order valence-corrected chi connectivity index (χ4v) is 5.29. The quantitative estimate of drug-likeness (QED) is 0.789. The summed E-state index contributed by atoms with van der Waals surface area (Å²) < 4.78 is 5.99. The van der Waals surface area contributed by atoms with E-state index in [0.29, 0.717) is 5.88 Å². The van der Waals surface area contributed by atoms with Crippen molar-refractivity contribution in [2.45, 2.75) is 56.8 Å². The Morgan fingerprint density at radius 3 is 2.26 bits per heavy atom. The van der Waals surface area contributed by atoms with E-state index in [1.54, 1.807) is 0 Å². The van der Waals surface area contributed by atoms with Gasteiger partial charge in [-0.15, -0.1) is 21.8 Å². The molecule has 0 atom stereocenters. The van der Waals surface area contributed by atoms with Crippen LogP contribution in [0.3, 0.4) is 0 Å². The van der Waals surface area contributed by atoms with Gasteiger partial charge in [-0.1, -0.05) is 0 Å². The molecule has 1 heterocycles. The Balaban J connectivity index is 1.59. The highest BCUT2D eigenvalue weighted by Gasteiger charge is 2.54. The first-order valence-electron chi connectivity index (χ1n) is 7.66. The van der Waals surface area contributed by atoms with Crippen LogP contribution in [0, 0.1) is 17.8 Å². The molecule has 0 amide bonds. The van der Waals surface area contributed by atoms with E-state index in [1.165, 1.54) is 38.5 Å². The van der Waals surface area contributed by atoms with Gasteiger partial charge in [0.05, 0.1) is 0 Å². The highest BCUT2D eigenvalue weighted by molar-refractivity contribution is 6.17. The second-order valence-corrected chi connectivity index (χ2v) is 7.37. The number of hydrogen-bond acceptors (Lipinski definition) is 3. The van der Waals surface area contributed by atoms with Gasteiger partial charge in [0.2, 0.25) is 11.8 Å². The lowest BCUT2D eigenvalue weighted by Crippen LogP contribution is -2.48. The Morgan fingerprint density at radius 2 is 1.68 bits per heavy atom. The standard InChI is InChI=1S/C15H21ClN2O/c16-3-1-2-13-17-18-14(19-13)15-7-10-4-11(8-15)6-12(5-10)9-15/h10-12H,1-9H2. The zero-order valence-electron chi connectivity index (χ0n) is 11.3. The molecule has 1 aromatic heterocycles. The van der Waals surface area contributed by atoms with E-state index in [4.69, 9.17) is 16.0 Å². The molecule has 4 heteroatoms. The van der Waals surface area contributed by atoms with Crippen molar-refractivity contribution in [1.29, 1.82) is 0 Å². The maximum Gasteiger partial charge on any atom is 0.222 e. The van der Waals surface area contributed by atoms with Crippen LogP contribution in [0.2, 0.25) is 0 Å². The van der Waals surface area contributed by atoms with Gasteiger partial charge >= 0.3 is 0 Å². The monoisotopic (exact) mass is 280 g/mol. The maximum absolute atomic E-state index is 5.99. The minimum Gasteiger partial charge on any atom is -0.425 e. The molecule has 4 fully saturated rings. The largest absolute Gasteiger partial charge is 0.425 e. The van der Waals surface area contributed by atoms with E-state index in [0.717, 1.165) is 42.4 Å². The molecule has 0 spiro atoms. The van der Waals surface area contributed by atoms with Crippen LogP contribution in [0.4, 0.5) is 0 Å². The highest BCUT2D eigenvalue weighted by atomic mass is 35.5. The Kier molecular flexibility index (Phi) is 2.87. The molecule has 4 aliphatic rings. The van der Waals surface area contributed by atoms with E-state index in [-0.39, 0.29) is 5.41 Å². The lowest BCUT2D eigenvalue weighted by molar-refractivity contribution is -0.0182. The molecule has 0 N–H and O–H groups in total. The van der Waals surface area contributed by atoms with Crippen molar-refractivity contribution in [3.8, 4) is 0 Å². The molecule has 0 aliphatic heterocycles. The van der Waals surface area contributed by atoms with Gasteiger partial charge in [-0.05, 0) is 62.7 Å². The van der Waals surface area contributed by atoms with Crippen molar-refractivity contribution in [2.75, 3.05) is 5.88 Å². The van der Waals surface area contributed by atoms with Crippen molar-refractivity contribution in [1.82, 2.24) is 10.2 Å². The van der Waals surface area contributed by atoms with Gasteiger partial charge in [0, 0.05) is 17.7 Å². The minimum absolute atomic E-state index is 0.237. The Hall–Kier alpha value is -0.570. The Bertz CT molecular complexity index is 435. The molecule has 104 valence electrons. The first-order chi connectivity index (χ1) is 9.27. The fraction of sp³-hybridized carbons (Fsp3) is 0.867. The minimum atomic E-state index is 0.237. The normalized spacial score (nSPS) is 39.9. The van der Waals surface area contributed by atoms with Crippen LogP contribution in [0.5, 0.6) is 0 Å². The van der Waals surface area contributed by atoms with Crippen LogP contribution in [0.15, 0.2) is 4.42 Å². The van der Waals surface area contributed by atoms with Gasteiger partial charge in [0.15, 0.2) is 0 Å². The first kappa shape index (κ1) is 12.2. The van der Waals surface area contributed by atoms with Gasteiger partial charge in [-0.25, -0.2) is 0 Å². The number of aromatic nitrogens is 2. The lowest BCUT2D eigenvalue weighted by atomic mass is 9.49. The average molecular weight is 281 g/mol. The fourth-order valence-electron chi connectivity index (χ4n) is 5.16. The van der Waals surface area contributed by atoms with Gasteiger partial charge in [0.1, 0.15) is 0 Å². The molecule has 0 aromatic carbocycles. The number of nitrogens with zero attached hydrogens (tertiary/aromatic N) is 2. The summed E-state index contributed by atoms with van der Waals surface area (Å²) in [6.07, 6.45) is 9.96. The zero-order chi connectivity index (χ0) is 12.9. The molecule has 5 rings (SSSR count). The number of halogens is 1. The van der Waals surface area contributed by atoms with E-state index >= 15 is 0 Å². The SMILES string of the molecule is ClCCCc1nnc(C23CC4CC(CC(C4)C2)C3)o1. The summed E-state index contributed by atoms with van der Waals surface area (Å²) in [6.45, 7) is 0. The van der Waals surface area contributed by atoms with Gasteiger partial charge in [-0.2, -0.15) is 0 Å². The molecule has 4 aliphatic carbocycles. The molecule has 0 radical (unpaired) electrons. The summed E-state index contributed by atoms with van der Waals surface area (Å²) in [6, 6.07) is 0. The summed E-state index contributed by atoms with van der Waals surface area (Å²) in [7, 11) is 0. The van der Waals surface area contributed by atoms with Crippen LogP contribution in [-0.2, 0) is 11.8 Å². The van der Waals surface area contributed by atoms with Crippen molar-refractivity contribution in [2.24, 2.45) is 17.8 Å². The summed E-state index contributed by atoms with van der Waals surface area (Å²) in [5, 5.41) is 8.63. The number of aryl methyl sites for hydroxylation is 1.